The fraction of sp³-hybridized carbons (Fsp3) is 0.0400. The summed E-state index contributed by atoms with van der Waals surface area (Å²) in [7, 11) is 0. The van der Waals surface area contributed by atoms with Crippen LogP contribution >= 0.6 is 0 Å². The van der Waals surface area contributed by atoms with Crippen molar-refractivity contribution in [1.82, 2.24) is 4.57 Å². The zero-order valence-electron chi connectivity index (χ0n) is 15.4. The van der Waals surface area contributed by atoms with E-state index in [1.54, 1.807) is 0 Å². The third-order valence-corrected chi connectivity index (χ3v) is 5.86. The van der Waals surface area contributed by atoms with Gasteiger partial charge in [0.1, 0.15) is 11.2 Å². The number of ether oxygens (including phenoxy) is 1. The van der Waals surface area contributed by atoms with Crippen molar-refractivity contribution in [3.05, 3.63) is 84.9 Å². The fourth-order valence-electron chi connectivity index (χ4n) is 4.62. The van der Waals surface area contributed by atoms with Crippen molar-refractivity contribution in [2.75, 3.05) is 5.32 Å². The van der Waals surface area contributed by atoms with Crippen LogP contribution in [-0.2, 0) is 0 Å². The Balaban J connectivity index is 1.48. The topological polar surface area (TPSA) is 39.3 Å². The molecule has 0 amide bonds. The molecule has 3 heterocycles. The van der Waals surface area contributed by atoms with Gasteiger partial charge in [-0.15, -0.1) is 0 Å². The maximum absolute atomic E-state index is 6.54. The zero-order valence-corrected chi connectivity index (χ0v) is 15.4. The van der Waals surface area contributed by atoms with Crippen LogP contribution in [0.1, 0.15) is 6.35 Å². The molecule has 138 valence electrons. The first-order valence-corrected chi connectivity index (χ1v) is 9.73. The van der Waals surface area contributed by atoms with Crippen molar-refractivity contribution >= 4 is 49.4 Å². The molecule has 1 N–H and O–H groups in total. The molecule has 0 radical (unpaired) electrons. The van der Waals surface area contributed by atoms with Crippen LogP contribution in [-0.4, -0.2) is 4.57 Å². The smallest absolute Gasteiger partial charge is 0.255 e. The highest BCUT2D eigenvalue weighted by Crippen LogP contribution is 2.46. The monoisotopic (exact) mass is 376 g/mol. The summed E-state index contributed by atoms with van der Waals surface area (Å²) in [4.78, 5) is 0. The van der Waals surface area contributed by atoms with E-state index in [-0.39, 0.29) is 6.35 Å². The molecule has 0 spiro atoms. The van der Waals surface area contributed by atoms with E-state index >= 15 is 0 Å². The van der Waals surface area contributed by atoms with Gasteiger partial charge in [0.2, 0.25) is 0 Å². The molecular formula is C25H16N2O2. The number of anilines is 1. The number of fused-ring (bicyclic) bond motifs is 8. The second kappa shape index (κ2) is 5.32. The molecule has 0 saturated carbocycles. The van der Waals surface area contributed by atoms with Crippen molar-refractivity contribution in [2.24, 2.45) is 0 Å². The van der Waals surface area contributed by atoms with Crippen LogP contribution < -0.4 is 10.1 Å². The lowest BCUT2D eigenvalue weighted by Gasteiger charge is -2.16. The maximum atomic E-state index is 6.54. The second-order valence-electron chi connectivity index (χ2n) is 7.43. The van der Waals surface area contributed by atoms with Crippen molar-refractivity contribution in [2.45, 2.75) is 6.35 Å². The van der Waals surface area contributed by atoms with Gasteiger partial charge in [0.15, 0.2) is 5.75 Å². The van der Waals surface area contributed by atoms with Crippen molar-refractivity contribution in [3.63, 3.8) is 0 Å². The summed E-state index contributed by atoms with van der Waals surface area (Å²) >= 11 is 0. The number of nitrogens with one attached hydrogen (secondary N) is 1. The van der Waals surface area contributed by atoms with Gasteiger partial charge < -0.3 is 14.5 Å². The van der Waals surface area contributed by atoms with Crippen molar-refractivity contribution in [3.8, 4) is 5.75 Å². The molecule has 6 aromatic rings. The summed E-state index contributed by atoms with van der Waals surface area (Å²) in [6, 6.07) is 29.1. The molecule has 0 aliphatic carbocycles. The Labute approximate surface area is 165 Å². The third kappa shape index (κ3) is 1.93. The average Bonchev–Trinajstić information content (AvgIpc) is 3.44. The predicted octanol–water partition coefficient (Wildman–Crippen LogP) is 6.65. The number of hydrogen-bond acceptors (Lipinski definition) is 3. The second-order valence-corrected chi connectivity index (χ2v) is 7.43. The molecule has 1 aliphatic heterocycles. The Hall–Kier alpha value is -3.92. The molecule has 4 nitrogen and oxygen atoms in total. The van der Waals surface area contributed by atoms with Gasteiger partial charge in [-0.05, 0) is 30.3 Å². The number of benzene rings is 4. The van der Waals surface area contributed by atoms with E-state index in [0.29, 0.717) is 0 Å². The fourth-order valence-corrected chi connectivity index (χ4v) is 4.62. The first kappa shape index (κ1) is 15.1. The standard InChI is InChI=1S/C25H16N2O2/c1-4-10-19-15(7-1)16-8-2-5-11-20(16)27(19)25-26-18-13-14-22-23(24(18)29-25)17-9-3-6-12-21(17)28-22/h1-14,25-26H. The number of para-hydroxylation sites is 3. The molecular weight excluding hydrogens is 360 g/mol. The van der Waals surface area contributed by atoms with E-state index in [4.69, 9.17) is 9.15 Å². The lowest BCUT2D eigenvalue weighted by molar-refractivity contribution is 0.195. The average molecular weight is 376 g/mol. The third-order valence-electron chi connectivity index (χ3n) is 5.86. The van der Waals surface area contributed by atoms with Gasteiger partial charge in [0.05, 0.1) is 22.1 Å². The predicted molar refractivity (Wildman–Crippen MR) is 116 cm³/mol. The molecule has 0 fully saturated rings. The minimum Gasteiger partial charge on any atom is -0.456 e. The summed E-state index contributed by atoms with van der Waals surface area (Å²) < 4.78 is 14.8. The molecule has 4 heteroatoms. The van der Waals surface area contributed by atoms with Crippen LogP contribution in [0, 0.1) is 0 Å². The summed E-state index contributed by atoms with van der Waals surface area (Å²) in [5.74, 6) is 0.847. The van der Waals surface area contributed by atoms with Crippen LogP contribution in [0.5, 0.6) is 5.75 Å². The van der Waals surface area contributed by atoms with Crippen molar-refractivity contribution < 1.29 is 9.15 Å². The zero-order chi connectivity index (χ0) is 18.9. The molecule has 4 aromatic carbocycles. The number of rotatable bonds is 1. The first-order chi connectivity index (χ1) is 14.4. The van der Waals surface area contributed by atoms with Gasteiger partial charge in [-0.25, -0.2) is 0 Å². The first-order valence-electron chi connectivity index (χ1n) is 9.73. The summed E-state index contributed by atoms with van der Waals surface area (Å²) in [6.45, 7) is 0. The largest absolute Gasteiger partial charge is 0.456 e. The van der Waals surface area contributed by atoms with Gasteiger partial charge in [-0.1, -0.05) is 54.6 Å². The summed E-state index contributed by atoms with van der Waals surface area (Å²) in [5, 5.41) is 8.11. The van der Waals surface area contributed by atoms with Gasteiger partial charge in [-0.3, -0.25) is 4.57 Å². The molecule has 0 saturated heterocycles. The minimum absolute atomic E-state index is 0.325. The van der Waals surface area contributed by atoms with E-state index in [1.165, 1.54) is 10.8 Å². The Morgan fingerprint density at radius 1 is 0.655 bits per heavy atom. The normalized spacial score (nSPS) is 15.8. The number of furan rings is 1. The summed E-state index contributed by atoms with van der Waals surface area (Å²) in [6.07, 6.45) is -0.325. The SMILES string of the molecule is c1ccc2c(c1)oc1ccc3c(c12)OC(n1c2ccccc2c2ccccc21)N3. The Kier molecular flexibility index (Phi) is 2.76. The Morgan fingerprint density at radius 3 is 2.07 bits per heavy atom. The van der Waals surface area contributed by atoms with Crippen LogP contribution in [0.25, 0.3) is 43.7 Å². The van der Waals surface area contributed by atoms with Crippen LogP contribution in [0.2, 0.25) is 0 Å². The maximum Gasteiger partial charge on any atom is 0.255 e. The van der Waals surface area contributed by atoms with Gasteiger partial charge in [0, 0.05) is 16.2 Å². The lowest BCUT2D eigenvalue weighted by atomic mass is 10.1. The molecule has 1 unspecified atom stereocenters. The Morgan fingerprint density at radius 2 is 1.31 bits per heavy atom. The van der Waals surface area contributed by atoms with Crippen LogP contribution in [0.15, 0.2) is 89.3 Å². The highest BCUT2D eigenvalue weighted by Gasteiger charge is 2.29. The van der Waals surface area contributed by atoms with E-state index in [9.17, 15) is 0 Å². The van der Waals surface area contributed by atoms with Crippen LogP contribution in [0.3, 0.4) is 0 Å². The Bertz CT molecular complexity index is 1520. The number of hydrogen-bond donors (Lipinski definition) is 1. The van der Waals surface area contributed by atoms with E-state index in [0.717, 1.165) is 44.4 Å². The quantitative estimate of drug-likeness (QED) is 0.349. The summed E-state index contributed by atoms with van der Waals surface area (Å²) in [5.41, 5.74) is 4.99. The molecule has 2 aromatic heterocycles. The molecule has 29 heavy (non-hydrogen) atoms. The highest BCUT2D eigenvalue weighted by atomic mass is 16.5. The lowest BCUT2D eigenvalue weighted by Crippen LogP contribution is -2.18. The minimum atomic E-state index is -0.325. The van der Waals surface area contributed by atoms with Gasteiger partial charge in [-0.2, -0.15) is 0 Å². The molecule has 1 aliphatic rings. The number of aromatic nitrogens is 1. The van der Waals surface area contributed by atoms with E-state index in [1.807, 2.05) is 30.3 Å². The number of nitrogens with zero attached hydrogens (tertiary/aromatic N) is 1. The highest BCUT2D eigenvalue weighted by molar-refractivity contribution is 6.11. The van der Waals surface area contributed by atoms with E-state index < -0.39 is 0 Å². The van der Waals surface area contributed by atoms with Gasteiger partial charge >= 0.3 is 0 Å². The molecule has 7 rings (SSSR count). The molecule has 1 atom stereocenters. The van der Waals surface area contributed by atoms with Gasteiger partial charge in [0.25, 0.3) is 6.35 Å². The van der Waals surface area contributed by atoms with E-state index in [2.05, 4.69) is 64.5 Å². The molecule has 0 bridgehead atoms. The van der Waals surface area contributed by atoms with Crippen LogP contribution in [0.4, 0.5) is 5.69 Å². The van der Waals surface area contributed by atoms with Crippen molar-refractivity contribution in [1.29, 1.82) is 0 Å².